The van der Waals surface area contributed by atoms with Crippen LogP contribution in [-0.2, 0) is 4.79 Å². The third kappa shape index (κ3) is 4.37. The Hall–Kier alpha value is -1.82. The molecule has 1 aliphatic carbocycles. The number of carbonyl (C=O) groups excluding carboxylic acids is 1. The summed E-state index contributed by atoms with van der Waals surface area (Å²) in [5, 5.41) is 4.42. The van der Waals surface area contributed by atoms with Gasteiger partial charge in [0.2, 0.25) is 5.91 Å². The van der Waals surface area contributed by atoms with E-state index in [1.54, 1.807) is 10.6 Å². The van der Waals surface area contributed by atoms with Crippen LogP contribution in [0.15, 0.2) is 34.2 Å². The molecule has 1 saturated carbocycles. The minimum absolute atomic E-state index is 0.0145. The van der Waals surface area contributed by atoms with Crippen LogP contribution in [0.4, 0.5) is 0 Å². The molecule has 1 heterocycles. The van der Waals surface area contributed by atoms with E-state index in [0.717, 1.165) is 6.42 Å². The van der Waals surface area contributed by atoms with Gasteiger partial charge in [-0.2, -0.15) is 0 Å². The van der Waals surface area contributed by atoms with Crippen LogP contribution >= 0.6 is 11.8 Å². The molecule has 27 heavy (non-hydrogen) atoms. The van der Waals surface area contributed by atoms with Crippen molar-refractivity contribution >= 4 is 28.6 Å². The fourth-order valence-electron chi connectivity index (χ4n) is 3.85. The van der Waals surface area contributed by atoms with Crippen LogP contribution in [0.3, 0.4) is 0 Å². The van der Waals surface area contributed by atoms with E-state index >= 15 is 0 Å². The molecule has 0 radical (unpaired) electrons. The largest absolute Gasteiger partial charge is 0.352 e. The summed E-state index contributed by atoms with van der Waals surface area (Å²) in [4.78, 5) is 30.0. The molecule has 2 aromatic rings. The number of carbonyl (C=O) groups is 1. The van der Waals surface area contributed by atoms with Crippen molar-refractivity contribution < 1.29 is 4.79 Å². The molecule has 1 aromatic carbocycles. The van der Waals surface area contributed by atoms with Crippen LogP contribution in [0.25, 0.3) is 10.9 Å². The molecular formula is C21H29N3O2S. The second kappa shape index (κ2) is 8.46. The van der Waals surface area contributed by atoms with Gasteiger partial charge < -0.3 is 5.32 Å². The fraction of sp³-hybridized carbons (Fsp3) is 0.571. The van der Waals surface area contributed by atoms with Crippen molar-refractivity contribution in [2.75, 3.05) is 5.75 Å². The molecule has 0 saturated heterocycles. The van der Waals surface area contributed by atoms with Gasteiger partial charge in [0.1, 0.15) is 0 Å². The molecule has 1 aromatic heterocycles. The number of benzene rings is 1. The molecule has 5 nitrogen and oxygen atoms in total. The van der Waals surface area contributed by atoms with Crippen molar-refractivity contribution in [3.05, 3.63) is 34.6 Å². The second-order valence-corrected chi connectivity index (χ2v) is 8.85. The number of hydrogen-bond acceptors (Lipinski definition) is 4. The van der Waals surface area contributed by atoms with Crippen molar-refractivity contribution in [1.29, 1.82) is 0 Å². The Morgan fingerprint density at radius 1 is 1.30 bits per heavy atom. The molecule has 6 heteroatoms. The summed E-state index contributed by atoms with van der Waals surface area (Å²) in [6.07, 6.45) is 3.46. The Morgan fingerprint density at radius 3 is 2.78 bits per heavy atom. The van der Waals surface area contributed by atoms with E-state index in [1.807, 2.05) is 32.0 Å². The summed E-state index contributed by atoms with van der Waals surface area (Å²) in [5.74, 6) is 1.43. The lowest BCUT2D eigenvalue weighted by Gasteiger charge is -2.34. The van der Waals surface area contributed by atoms with E-state index < -0.39 is 0 Å². The van der Waals surface area contributed by atoms with E-state index in [4.69, 9.17) is 0 Å². The highest BCUT2D eigenvalue weighted by Gasteiger charge is 2.28. The number of aromatic nitrogens is 2. The number of fused-ring (bicyclic) bond motifs is 1. The number of hydrogen-bond donors (Lipinski definition) is 1. The van der Waals surface area contributed by atoms with Crippen LogP contribution in [-0.4, -0.2) is 27.3 Å². The average Bonchev–Trinajstić information content (AvgIpc) is 2.63. The van der Waals surface area contributed by atoms with Crippen molar-refractivity contribution in [3.8, 4) is 0 Å². The standard InChI is InChI=1S/C21H29N3O2S/c1-13(2)24-20(26)16-9-5-6-10-18(16)23-21(24)27-12-19(25)22-17-11-7-8-14(3)15(17)4/h5-6,9-10,13-15,17H,7-8,11-12H2,1-4H3,(H,22,25)/t14-,15-,17-/m1/s1. The minimum atomic E-state index is -0.0479. The summed E-state index contributed by atoms with van der Waals surface area (Å²) >= 11 is 1.34. The Morgan fingerprint density at radius 2 is 2.04 bits per heavy atom. The lowest BCUT2D eigenvalue weighted by atomic mass is 9.78. The van der Waals surface area contributed by atoms with Crippen LogP contribution < -0.4 is 10.9 Å². The maximum atomic E-state index is 12.8. The van der Waals surface area contributed by atoms with Crippen LogP contribution in [0.1, 0.15) is 53.0 Å². The van der Waals surface area contributed by atoms with Gasteiger partial charge in [-0.15, -0.1) is 0 Å². The molecule has 146 valence electrons. The van der Waals surface area contributed by atoms with Crippen molar-refractivity contribution in [3.63, 3.8) is 0 Å². The molecule has 1 amide bonds. The molecule has 0 unspecified atom stereocenters. The highest BCUT2D eigenvalue weighted by atomic mass is 32.2. The normalized spacial score (nSPS) is 22.9. The lowest BCUT2D eigenvalue weighted by molar-refractivity contribution is -0.120. The van der Waals surface area contributed by atoms with E-state index in [-0.39, 0.29) is 29.3 Å². The van der Waals surface area contributed by atoms with Gasteiger partial charge in [0.15, 0.2) is 5.16 Å². The van der Waals surface area contributed by atoms with Gasteiger partial charge in [-0.25, -0.2) is 4.98 Å². The monoisotopic (exact) mass is 387 g/mol. The Labute approximate surface area is 164 Å². The van der Waals surface area contributed by atoms with Gasteiger partial charge in [-0.1, -0.05) is 50.6 Å². The topological polar surface area (TPSA) is 64.0 Å². The van der Waals surface area contributed by atoms with E-state index in [0.29, 0.717) is 27.9 Å². The molecule has 0 spiro atoms. The smallest absolute Gasteiger partial charge is 0.262 e. The zero-order chi connectivity index (χ0) is 19.6. The first-order valence-electron chi connectivity index (χ1n) is 9.82. The van der Waals surface area contributed by atoms with Crippen LogP contribution in [0.5, 0.6) is 0 Å². The van der Waals surface area contributed by atoms with Crippen molar-refractivity contribution in [2.24, 2.45) is 11.8 Å². The second-order valence-electron chi connectivity index (χ2n) is 7.91. The zero-order valence-electron chi connectivity index (χ0n) is 16.6. The Balaban J connectivity index is 1.75. The maximum absolute atomic E-state index is 12.8. The lowest BCUT2D eigenvalue weighted by Crippen LogP contribution is -2.44. The maximum Gasteiger partial charge on any atom is 0.262 e. The quantitative estimate of drug-likeness (QED) is 0.622. The molecule has 0 aliphatic heterocycles. The summed E-state index contributed by atoms with van der Waals surface area (Å²) in [5.41, 5.74) is 0.630. The molecule has 1 fully saturated rings. The number of amides is 1. The first-order valence-corrected chi connectivity index (χ1v) is 10.8. The molecule has 0 bridgehead atoms. The highest BCUT2D eigenvalue weighted by molar-refractivity contribution is 7.99. The summed E-state index contributed by atoms with van der Waals surface area (Å²) in [7, 11) is 0. The minimum Gasteiger partial charge on any atom is -0.352 e. The number of para-hydroxylation sites is 1. The molecule has 1 N–H and O–H groups in total. The van der Waals surface area contributed by atoms with Gasteiger partial charge in [-0.05, 0) is 44.2 Å². The summed E-state index contributed by atoms with van der Waals surface area (Å²) < 4.78 is 1.69. The van der Waals surface area contributed by atoms with Gasteiger partial charge in [0.05, 0.1) is 16.7 Å². The summed E-state index contributed by atoms with van der Waals surface area (Å²) in [6, 6.07) is 7.61. The zero-order valence-corrected chi connectivity index (χ0v) is 17.4. The number of rotatable bonds is 5. The Bertz CT molecular complexity index is 877. The predicted molar refractivity (Wildman–Crippen MR) is 111 cm³/mol. The van der Waals surface area contributed by atoms with Gasteiger partial charge >= 0.3 is 0 Å². The van der Waals surface area contributed by atoms with Gasteiger partial charge in [-0.3, -0.25) is 14.2 Å². The van der Waals surface area contributed by atoms with E-state index in [9.17, 15) is 9.59 Å². The van der Waals surface area contributed by atoms with Crippen molar-refractivity contribution in [2.45, 2.75) is 64.2 Å². The van der Waals surface area contributed by atoms with E-state index in [1.165, 1.54) is 24.6 Å². The van der Waals surface area contributed by atoms with Gasteiger partial charge in [0.25, 0.3) is 5.56 Å². The Kier molecular flexibility index (Phi) is 6.25. The molecule has 3 rings (SSSR count). The van der Waals surface area contributed by atoms with Crippen LogP contribution in [0, 0.1) is 11.8 Å². The van der Waals surface area contributed by atoms with Gasteiger partial charge in [0, 0.05) is 12.1 Å². The fourth-order valence-corrected chi connectivity index (χ4v) is 4.79. The third-order valence-corrected chi connectivity index (χ3v) is 6.63. The summed E-state index contributed by atoms with van der Waals surface area (Å²) in [6.45, 7) is 8.42. The predicted octanol–water partition coefficient (Wildman–Crippen LogP) is 4.01. The molecular weight excluding hydrogens is 358 g/mol. The van der Waals surface area contributed by atoms with E-state index in [2.05, 4.69) is 24.1 Å². The first kappa shape index (κ1) is 19.9. The number of nitrogens with zero attached hydrogens (tertiary/aromatic N) is 2. The van der Waals surface area contributed by atoms with Crippen molar-refractivity contribution in [1.82, 2.24) is 14.9 Å². The molecule has 3 atom stereocenters. The third-order valence-electron chi connectivity index (χ3n) is 5.68. The number of thioether (sulfide) groups is 1. The SMILES string of the molecule is CC(C)n1c(SCC(=O)N[C@@H]2CCC[C@@H](C)[C@H]2C)nc2ccccc2c1=O. The molecule has 1 aliphatic rings. The average molecular weight is 388 g/mol. The van der Waals surface area contributed by atoms with Crippen LogP contribution in [0.2, 0.25) is 0 Å². The first-order chi connectivity index (χ1) is 12.9. The highest BCUT2D eigenvalue weighted by Crippen LogP contribution is 2.29. The number of nitrogens with one attached hydrogen (secondary N) is 1.